The first-order valence-electron chi connectivity index (χ1n) is 7.08. The molecule has 1 amide bonds. The number of thiazole rings is 1. The summed E-state index contributed by atoms with van der Waals surface area (Å²) < 4.78 is 1.07. The third-order valence-corrected chi connectivity index (χ3v) is 6.05. The number of hydrogen-bond donors (Lipinski definition) is 1. The van der Waals surface area contributed by atoms with Crippen molar-refractivity contribution >= 4 is 49.6 Å². The fourth-order valence-electron chi connectivity index (χ4n) is 2.15. The molecule has 0 unspecified atom stereocenters. The number of carbonyl (C=O) groups is 1. The van der Waals surface area contributed by atoms with Crippen molar-refractivity contribution in [3.05, 3.63) is 66.8 Å². The lowest BCUT2D eigenvalue weighted by Crippen LogP contribution is -2.11. The van der Waals surface area contributed by atoms with Crippen molar-refractivity contribution in [2.24, 2.45) is 0 Å². The molecule has 2 aromatic heterocycles. The summed E-state index contributed by atoms with van der Waals surface area (Å²) in [5, 5.41) is 5.44. The van der Waals surface area contributed by atoms with Crippen molar-refractivity contribution in [1.82, 2.24) is 4.98 Å². The van der Waals surface area contributed by atoms with Crippen LogP contribution in [0.5, 0.6) is 0 Å². The van der Waals surface area contributed by atoms with E-state index in [-0.39, 0.29) is 5.91 Å². The van der Waals surface area contributed by atoms with Crippen LogP contribution in [0.2, 0.25) is 0 Å². The molecule has 1 N–H and O–H groups in total. The van der Waals surface area contributed by atoms with Crippen LogP contribution in [-0.2, 0) is 6.42 Å². The molecule has 0 aliphatic heterocycles. The van der Waals surface area contributed by atoms with Crippen LogP contribution >= 0.6 is 38.6 Å². The molecule has 0 atom stereocenters. The monoisotopic (exact) mass is 406 g/mol. The first kappa shape index (κ1) is 16.4. The van der Waals surface area contributed by atoms with Gasteiger partial charge in [-0.05, 0) is 37.1 Å². The van der Waals surface area contributed by atoms with E-state index in [9.17, 15) is 4.79 Å². The molecule has 0 aliphatic carbocycles. The number of aryl methyl sites for hydroxylation is 1. The van der Waals surface area contributed by atoms with Gasteiger partial charge in [0.25, 0.3) is 5.91 Å². The molecule has 6 heteroatoms. The number of nitrogens with zero attached hydrogens (tertiary/aromatic N) is 1. The minimum absolute atomic E-state index is 0.0867. The van der Waals surface area contributed by atoms with Crippen molar-refractivity contribution in [1.29, 1.82) is 0 Å². The van der Waals surface area contributed by atoms with Crippen LogP contribution in [0.25, 0.3) is 0 Å². The van der Waals surface area contributed by atoms with E-state index in [0.717, 1.165) is 26.9 Å². The second kappa shape index (κ2) is 6.95. The second-order valence-electron chi connectivity index (χ2n) is 5.22. The lowest BCUT2D eigenvalue weighted by Gasteiger charge is -2.01. The highest BCUT2D eigenvalue weighted by molar-refractivity contribution is 9.10. The van der Waals surface area contributed by atoms with Crippen LogP contribution in [0.15, 0.2) is 40.3 Å². The summed E-state index contributed by atoms with van der Waals surface area (Å²) in [6.45, 7) is 4.00. The van der Waals surface area contributed by atoms with E-state index < -0.39 is 0 Å². The van der Waals surface area contributed by atoms with Gasteiger partial charge < -0.3 is 0 Å². The maximum Gasteiger partial charge on any atom is 0.258 e. The number of benzene rings is 1. The minimum Gasteiger partial charge on any atom is -0.298 e. The summed E-state index contributed by atoms with van der Waals surface area (Å²) in [6, 6.07) is 8.22. The number of thiophene rings is 1. The predicted octanol–water partition coefficient (Wildman–Crippen LogP) is 5.43. The van der Waals surface area contributed by atoms with E-state index in [1.807, 2.05) is 37.6 Å². The molecule has 3 nitrogen and oxygen atoms in total. The Kier molecular flexibility index (Phi) is 4.94. The quantitative estimate of drug-likeness (QED) is 0.627. The molecule has 0 saturated carbocycles. The van der Waals surface area contributed by atoms with Gasteiger partial charge in [0.05, 0.1) is 5.56 Å². The van der Waals surface area contributed by atoms with Crippen molar-refractivity contribution in [3.63, 3.8) is 0 Å². The molecule has 0 radical (unpaired) electrons. The van der Waals surface area contributed by atoms with E-state index in [0.29, 0.717) is 5.13 Å². The van der Waals surface area contributed by atoms with Gasteiger partial charge in [-0.3, -0.25) is 10.1 Å². The first-order valence-corrected chi connectivity index (χ1v) is 9.57. The fourth-order valence-corrected chi connectivity index (χ4v) is 4.12. The third kappa shape index (κ3) is 3.88. The lowest BCUT2D eigenvalue weighted by molar-refractivity contribution is 0.102. The summed E-state index contributed by atoms with van der Waals surface area (Å²) >= 11 is 6.55. The molecule has 0 fully saturated rings. The van der Waals surface area contributed by atoms with Crippen LogP contribution in [0, 0.1) is 13.8 Å². The highest BCUT2D eigenvalue weighted by Crippen LogP contribution is 2.25. The van der Waals surface area contributed by atoms with Crippen LogP contribution in [0.4, 0.5) is 5.13 Å². The summed E-state index contributed by atoms with van der Waals surface area (Å²) in [5.41, 5.74) is 3.00. The molecule has 23 heavy (non-hydrogen) atoms. The SMILES string of the molecule is Cc1scc(C(=O)Nc2ncc(Cc3ccc(Br)cc3)s2)c1C. The third-order valence-electron chi connectivity index (χ3n) is 3.60. The number of hydrogen-bond acceptors (Lipinski definition) is 4. The Bertz CT molecular complexity index is 837. The Labute approximate surface area is 151 Å². The normalized spacial score (nSPS) is 10.7. The molecule has 0 bridgehead atoms. The average Bonchev–Trinajstić information content (AvgIpc) is 3.09. The van der Waals surface area contributed by atoms with Crippen LogP contribution < -0.4 is 5.32 Å². The fraction of sp³-hybridized carbons (Fsp3) is 0.176. The Balaban J connectivity index is 1.68. The number of halogens is 1. The van der Waals surface area contributed by atoms with Gasteiger partial charge in [0.1, 0.15) is 0 Å². The highest BCUT2D eigenvalue weighted by atomic mass is 79.9. The highest BCUT2D eigenvalue weighted by Gasteiger charge is 2.14. The Morgan fingerprint density at radius 1 is 1.26 bits per heavy atom. The van der Waals surface area contributed by atoms with Crippen LogP contribution in [0.3, 0.4) is 0 Å². The van der Waals surface area contributed by atoms with E-state index in [2.05, 4.69) is 38.4 Å². The Morgan fingerprint density at radius 2 is 2.00 bits per heavy atom. The van der Waals surface area contributed by atoms with E-state index in [1.165, 1.54) is 21.8 Å². The first-order chi connectivity index (χ1) is 11.0. The smallest absolute Gasteiger partial charge is 0.258 e. The topological polar surface area (TPSA) is 42.0 Å². The largest absolute Gasteiger partial charge is 0.298 e. The number of aromatic nitrogens is 1. The van der Waals surface area contributed by atoms with Gasteiger partial charge in [-0.1, -0.05) is 28.1 Å². The van der Waals surface area contributed by atoms with Gasteiger partial charge in [-0.15, -0.1) is 22.7 Å². The van der Waals surface area contributed by atoms with E-state index in [4.69, 9.17) is 0 Å². The van der Waals surface area contributed by atoms with Crippen molar-refractivity contribution in [2.45, 2.75) is 20.3 Å². The van der Waals surface area contributed by atoms with Crippen molar-refractivity contribution in [3.8, 4) is 0 Å². The summed E-state index contributed by atoms with van der Waals surface area (Å²) in [5.74, 6) is -0.0867. The van der Waals surface area contributed by atoms with Gasteiger partial charge in [-0.25, -0.2) is 4.98 Å². The molecule has 3 rings (SSSR count). The molecule has 0 aliphatic rings. The Hall–Kier alpha value is -1.50. The van der Waals surface area contributed by atoms with Gasteiger partial charge in [0, 0.05) is 32.2 Å². The van der Waals surface area contributed by atoms with Crippen molar-refractivity contribution < 1.29 is 4.79 Å². The van der Waals surface area contributed by atoms with E-state index in [1.54, 1.807) is 11.3 Å². The number of amides is 1. The zero-order valence-corrected chi connectivity index (χ0v) is 15.9. The van der Waals surface area contributed by atoms with Crippen molar-refractivity contribution in [2.75, 3.05) is 5.32 Å². The van der Waals surface area contributed by atoms with E-state index >= 15 is 0 Å². The molecular formula is C17H15BrN2OS2. The van der Waals surface area contributed by atoms with Gasteiger partial charge in [-0.2, -0.15) is 0 Å². The second-order valence-corrected chi connectivity index (χ2v) is 8.33. The predicted molar refractivity (Wildman–Crippen MR) is 101 cm³/mol. The average molecular weight is 407 g/mol. The maximum atomic E-state index is 12.3. The van der Waals surface area contributed by atoms with Gasteiger partial charge in [0.2, 0.25) is 0 Å². The number of anilines is 1. The molecular weight excluding hydrogens is 392 g/mol. The van der Waals surface area contributed by atoms with Crippen LogP contribution in [-0.4, -0.2) is 10.9 Å². The molecule has 3 aromatic rings. The molecule has 1 aromatic carbocycles. The zero-order chi connectivity index (χ0) is 16.4. The Morgan fingerprint density at radius 3 is 2.65 bits per heavy atom. The zero-order valence-electron chi connectivity index (χ0n) is 12.7. The molecule has 118 valence electrons. The number of rotatable bonds is 4. The number of carbonyl (C=O) groups excluding carboxylic acids is 1. The lowest BCUT2D eigenvalue weighted by atomic mass is 10.1. The summed E-state index contributed by atoms with van der Waals surface area (Å²) in [6.07, 6.45) is 2.64. The molecule has 0 spiro atoms. The summed E-state index contributed by atoms with van der Waals surface area (Å²) in [4.78, 5) is 18.9. The van der Waals surface area contributed by atoms with Crippen LogP contribution in [0.1, 0.15) is 31.2 Å². The summed E-state index contributed by atoms with van der Waals surface area (Å²) in [7, 11) is 0. The minimum atomic E-state index is -0.0867. The number of nitrogens with one attached hydrogen (secondary N) is 1. The van der Waals surface area contributed by atoms with Gasteiger partial charge in [0.15, 0.2) is 5.13 Å². The maximum absolute atomic E-state index is 12.3. The molecule has 0 saturated heterocycles. The standard InChI is InChI=1S/C17H15BrN2OS2/c1-10-11(2)22-9-15(10)16(21)20-17-19-8-14(23-17)7-12-3-5-13(18)6-4-12/h3-6,8-9H,7H2,1-2H3,(H,19,20,21). The van der Waals surface area contributed by atoms with Gasteiger partial charge >= 0.3 is 0 Å². The molecule has 2 heterocycles.